The Bertz CT molecular complexity index is 1150. The fraction of sp³-hybridized carbons (Fsp3) is 0.0870. The van der Waals surface area contributed by atoms with Gasteiger partial charge in [-0.25, -0.2) is 12.8 Å². The largest absolute Gasteiger partial charge is 0.490 e. The van der Waals surface area contributed by atoms with Crippen LogP contribution < -0.4 is 14.4 Å². The fourth-order valence-corrected chi connectivity index (χ4v) is 4.24. The van der Waals surface area contributed by atoms with Gasteiger partial charge in [0.2, 0.25) is 5.91 Å². The molecule has 0 aliphatic heterocycles. The molecule has 0 radical (unpaired) electrons. The van der Waals surface area contributed by atoms with Crippen LogP contribution in [-0.2, 0) is 14.8 Å². The summed E-state index contributed by atoms with van der Waals surface area (Å²) in [4.78, 5) is 12.6. The molecule has 6 nitrogen and oxygen atoms in total. The number of anilines is 2. The van der Waals surface area contributed by atoms with E-state index in [2.05, 4.69) is 11.9 Å². The van der Waals surface area contributed by atoms with Crippen LogP contribution in [0, 0.1) is 5.82 Å². The van der Waals surface area contributed by atoms with Crippen molar-refractivity contribution in [2.75, 3.05) is 22.8 Å². The molecule has 0 aliphatic rings. The molecule has 0 atom stereocenters. The second-order valence-corrected chi connectivity index (χ2v) is 8.31. The van der Waals surface area contributed by atoms with Crippen LogP contribution in [0.2, 0.25) is 0 Å². The van der Waals surface area contributed by atoms with E-state index in [1.807, 2.05) is 0 Å². The summed E-state index contributed by atoms with van der Waals surface area (Å²) in [7, 11) is -4.18. The lowest BCUT2D eigenvalue weighted by Crippen LogP contribution is -2.38. The maximum atomic E-state index is 14.5. The molecule has 31 heavy (non-hydrogen) atoms. The number of benzene rings is 3. The number of ether oxygens (including phenoxy) is 1. The van der Waals surface area contributed by atoms with Crippen molar-refractivity contribution in [2.45, 2.75) is 4.90 Å². The highest BCUT2D eigenvalue weighted by atomic mass is 32.2. The molecule has 0 spiro atoms. The third-order valence-corrected chi connectivity index (χ3v) is 6.02. The van der Waals surface area contributed by atoms with Crippen molar-refractivity contribution < 1.29 is 22.3 Å². The molecular weight excluding hydrogens is 419 g/mol. The number of carbonyl (C=O) groups is 1. The predicted molar refractivity (Wildman–Crippen MR) is 118 cm³/mol. The van der Waals surface area contributed by atoms with Gasteiger partial charge in [-0.3, -0.25) is 9.10 Å². The average molecular weight is 440 g/mol. The van der Waals surface area contributed by atoms with Crippen LogP contribution in [0.3, 0.4) is 0 Å². The molecule has 0 heterocycles. The van der Waals surface area contributed by atoms with Crippen molar-refractivity contribution in [2.24, 2.45) is 0 Å². The van der Waals surface area contributed by atoms with Crippen LogP contribution in [0.4, 0.5) is 15.8 Å². The quantitative estimate of drug-likeness (QED) is 0.506. The molecule has 0 unspecified atom stereocenters. The number of carbonyl (C=O) groups excluding carboxylic acids is 1. The Hall–Kier alpha value is -3.65. The zero-order valence-electron chi connectivity index (χ0n) is 16.6. The molecule has 160 valence electrons. The zero-order chi connectivity index (χ0) is 22.3. The smallest absolute Gasteiger partial charge is 0.264 e. The topological polar surface area (TPSA) is 75.7 Å². The summed E-state index contributed by atoms with van der Waals surface area (Å²) in [5.41, 5.74) is 0.233. The first-order valence-corrected chi connectivity index (χ1v) is 10.8. The van der Waals surface area contributed by atoms with Crippen LogP contribution in [0.5, 0.6) is 5.75 Å². The van der Waals surface area contributed by atoms with Gasteiger partial charge in [-0.1, -0.05) is 43.0 Å². The lowest BCUT2D eigenvalue weighted by molar-refractivity contribution is -0.114. The van der Waals surface area contributed by atoms with Crippen LogP contribution in [0.15, 0.2) is 96.4 Å². The summed E-state index contributed by atoms with van der Waals surface area (Å²) in [6.45, 7) is 3.31. The van der Waals surface area contributed by atoms with E-state index in [4.69, 9.17) is 4.74 Å². The number of rotatable bonds is 9. The van der Waals surface area contributed by atoms with Crippen LogP contribution in [0.25, 0.3) is 0 Å². The van der Waals surface area contributed by atoms with Gasteiger partial charge in [0.15, 0.2) is 0 Å². The molecule has 0 saturated carbocycles. The third-order valence-electron chi connectivity index (χ3n) is 4.25. The van der Waals surface area contributed by atoms with E-state index in [9.17, 15) is 17.6 Å². The Balaban J connectivity index is 1.84. The number of sulfonamides is 1. The molecule has 3 aromatic carbocycles. The Morgan fingerprint density at radius 1 is 1.00 bits per heavy atom. The second kappa shape index (κ2) is 9.90. The summed E-state index contributed by atoms with van der Waals surface area (Å²) in [6.07, 6.45) is 1.61. The van der Waals surface area contributed by atoms with Gasteiger partial charge in [0, 0.05) is 5.69 Å². The third kappa shape index (κ3) is 5.49. The minimum Gasteiger partial charge on any atom is -0.490 e. The van der Waals surface area contributed by atoms with Gasteiger partial charge in [-0.05, 0) is 48.5 Å². The molecule has 8 heteroatoms. The van der Waals surface area contributed by atoms with Gasteiger partial charge < -0.3 is 10.1 Å². The molecule has 0 bridgehead atoms. The van der Waals surface area contributed by atoms with E-state index in [1.165, 1.54) is 30.3 Å². The molecule has 3 aromatic rings. The molecule has 0 aliphatic carbocycles. The first-order valence-electron chi connectivity index (χ1n) is 9.38. The van der Waals surface area contributed by atoms with Gasteiger partial charge in [-0.15, -0.1) is 0 Å². The summed E-state index contributed by atoms with van der Waals surface area (Å²) in [6, 6.07) is 19.5. The first kappa shape index (κ1) is 22.0. The Labute approximate surface area is 180 Å². The van der Waals surface area contributed by atoms with E-state index in [0.717, 1.165) is 10.4 Å². The molecule has 0 aromatic heterocycles. The van der Waals surface area contributed by atoms with Crippen LogP contribution in [-0.4, -0.2) is 27.5 Å². The van der Waals surface area contributed by atoms with Gasteiger partial charge in [0.25, 0.3) is 10.0 Å². The summed E-state index contributed by atoms with van der Waals surface area (Å²) in [5.74, 6) is -0.779. The SMILES string of the molecule is C=CCOc1ccc(NC(=O)CN(c2ccccc2F)S(=O)(=O)c2ccccc2)cc1. The predicted octanol–water partition coefficient (Wildman–Crippen LogP) is 4.22. The monoisotopic (exact) mass is 440 g/mol. The van der Waals surface area contributed by atoms with Gasteiger partial charge in [-0.2, -0.15) is 0 Å². The van der Waals surface area contributed by atoms with Gasteiger partial charge in [0.1, 0.15) is 24.7 Å². The summed E-state index contributed by atoms with van der Waals surface area (Å²) >= 11 is 0. The van der Waals surface area contributed by atoms with Crippen molar-refractivity contribution in [3.8, 4) is 5.75 Å². The maximum Gasteiger partial charge on any atom is 0.264 e. The van der Waals surface area contributed by atoms with E-state index in [0.29, 0.717) is 18.0 Å². The van der Waals surface area contributed by atoms with Gasteiger partial charge >= 0.3 is 0 Å². The molecule has 3 rings (SSSR count). The van der Waals surface area contributed by atoms with Crippen molar-refractivity contribution in [3.63, 3.8) is 0 Å². The Morgan fingerprint density at radius 3 is 2.29 bits per heavy atom. The maximum absolute atomic E-state index is 14.5. The number of hydrogen-bond donors (Lipinski definition) is 1. The van der Waals surface area contributed by atoms with E-state index >= 15 is 0 Å². The molecular formula is C23H21FN2O4S. The summed E-state index contributed by atoms with van der Waals surface area (Å²) in [5, 5.41) is 2.63. The number of para-hydroxylation sites is 1. The van der Waals surface area contributed by atoms with E-state index < -0.39 is 28.3 Å². The molecule has 0 saturated heterocycles. The molecule has 1 N–H and O–H groups in total. The lowest BCUT2D eigenvalue weighted by Gasteiger charge is -2.24. The lowest BCUT2D eigenvalue weighted by atomic mass is 10.3. The number of amides is 1. The van der Waals surface area contributed by atoms with Crippen LogP contribution >= 0.6 is 0 Å². The van der Waals surface area contributed by atoms with Crippen molar-refractivity contribution in [3.05, 3.63) is 97.3 Å². The number of nitrogens with one attached hydrogen (secondary N) is 1. The highest BCUT2D eigenvalue weighted by Crippen LogP contribution is 2.26. The van der Waals surface area contributed by atoms with Crippen molar-refractivity contribution in [1.29, 1.82) is 0 Å². The number of halogens is 1. The molecule has 0 fully saturated rings. The number of nitrogens with zero attached hydrogens (tertiary/aromatic N) is 1. The second-order valence-electron chi connectivity index (χ2n) is 6.45. The van der Waals surface area contributed by atoms with Crippen molar-refractivity contribution >= 4 is 27.3 Å². The highest BCUT2D eigenvalue weighted by molar-refractivity contribution is 7.92. The minimum atomic E-state index is -4.18. The number of hydrogen-bond acceptors (Lipinski definition) is 4. The van der Waals surface area contributed by atoms with E-state index in [1.54, 1.807) is 48.5 Å². The Morgan fingerprint density at radius 2 is 1.65 bits per heavy atom. The summed E-state index contributed by atoms with van der Waals surface area (Å²) < 4.78 is 46.9. The average Bonchev–Trinajstić information content (AvgIpc) is 2.78. The normalized spacial score (nSPS) is 10.9. The first-order chi connectivity index (χ1) is 14.9. The van der Waals surface area contributed by atoms with Gasteiger partial charge in [0.05, 0.1) is 10.6 Å². The van der Waals surface area contributed by atoms with E-state index in [-0.39, 0.29) is 10.6 Å². The zero-order valence-corrected chi connectivity index (χ0v) is 17.4. The van der Waals surface area contributed by atoms with Crippen molar-refractivity contribution in [1.82, 2.24) is 0 Å². The standard InChI is InChI=1S/C23H21FN2O4S/c1-2-16-30-19-14-12-18(13-15-19)25-23(27)17-26(22-11-7-6-10-21(22)24)31(28,29)20-8-4-3-5-9-20/h2-15H,1,16-17H2,(H,25,27). The molecule has 1 amide bonds. The van der Waals surface area contributed by atoms with Crippen LogP contribution in [0.1, 0.15) is 0 Å². The Kier molecular flexibility index (Phi) is 7.04. The fourth-order valence-electron chi connectivity index (χ4n) is 2.79. The minimum absolute atomic E-state index is 0.0465. The highest BCUT2D eigenvalue weighted by Gasteiger charge is 2.29.